The van der Waals surface area contributed by atoms with Crippen molar-refractivity contribution >= 4 is 23.2 Å². The molecule has 5 rings (SSSR count). The van der Waals surface area contributed by atoms with Gasteiger partial charge >= 0.3 is 0 Å². The summed E-state index contributed by atoms with van der Waals surface area (Å²) in [5, 5.41) is 11.6. The summed E-state index contributed by atoms with van der Waals surface area (Å²) < 4.78 is 7.32. The highest BCUT2D eigenvalue weighted by Gasteiger charge is 2.39. The summed E-state index contributed by atoms with van der Waals surface area (Å²) in [5.74, 6) is 0.994. The predicted octanol–water partition coefficient (Wildman–Crippen LogP) is 4.10. The van der Waals surface area contributed by atoms with Crippen molar-refractivity contribution in [3.05, 3.63) is 46.9 Å². The molecule has 0 radical (unpaired) electrons. The quantitative estimate of drug-likeness (QED) is 0.454. The van der Waals surface area contributed by atoms with Gasteiger partial charge in [-0.25, -0.2) is 9.67 Å². The maximum absolute atomic E-state index is 13.7. The minimum atomic E-state index is -0.495. The molecule has 1 saturated carbocycles. The van der Waals surface area contributed by atoms with Crippen LogP contribution in [0.1, 0.15) is 68.4 Å². The van der Waals surface area contributed by atoms with E-state index in [-0.39, 0.29) is 17.7 Å². The lowest BCUT2D eigenvalue weighted by Crippen LogP contribution is -2.48. The van der Waals surface area contributed by atoms with Gasteiger partial charge in [0.1, 0.15) is 17.8 Å². The Kier molecular flexibility index (Phi) is 7.28. The predicted molar refractivity (Wildman–Crippen MR) is 141 cm³/mol. The second kappa shape index (κ2) is 10.6. The fraction of sp³-hybridized carbons (Fsp3) is 0.519. The number of aromatic nitrogens is 4. The van der Waals surface area contributed by atoms with Crippen molar-refractivity contribution < 1.29 is 14.3 Å². The second-order valence-corrected chi connectivity index (χ2v) is 11.1. The van der Waals surface area contributed by atoms with Gasteiger partial charge in [-0.1, -0.05) is 31.2 Å². The minimum absolute atomic E-state index is 0.0236. The minimum Gasteiger partial charge on any atom is -0.496 e. The first-order valence-electron chi connectivity index (χ1n) is 12.9. The molecule has 1 aromatic carbocycles. The van der Waals surface area contributed by atoms with E-state index in [1.165, 1.54) is 0 Å². The van der Waals surface area contributed by atoms with Crippen LogP contribution < -0.4 is 10.1 Å². The number of amides is 2. The van der Waals surface area contributed by atoms with Crippen molar-refractivity contribution in [3.8, 4) is 16.2 Å². The second-order valence-electron chi connectivity index (χ2n) is 10.3. The zero-order valence-corrected chi connectivity index (χ0v) is 22.6. The molecule has 9 nitrogen and oxygen atoms in total. The van der Waals surface area contributed by atoms with Crippen LogP contribution in [0.25, 0.3) is 10.4 Å². The van der Waals surface area contributed by atoms with Crippen LogP contribution in [0.5, 0.6) is 5.75 Å². The molecule has 0 bridgehead atoms. The highest BCUT2D eigenvalue weighted by atomic mass is 32.1. The Balaban J connectivity index is 1.27. The Bertz CT molecular complexity index is 1280. The number of aryl methyl sites for hydroxylation is 1. The monoisotopic (exact) mass is 522 g/mol. The fourth-order valence-corrected chi connectivity index (χ4v) is 5.88. The molecule has 1 N–H and O–H groups in total. The molecule has 37 heavy (non-hydrogen) atoms. The number of ether oxygens (including phenoxy) is 1. The summed E-state index contributed by atoms with van der Waals surface area (Å²) in [6, 6.07) is 5.01. The van der Waals surface area contributed by atoms with E-state index in [4.69, 9.17) is 4.74 Å². The van der Waals surface area contributed by atoms with Crippen molar-refractivity contribution in [2.75, 3.05) is 13.7 Å². The van der Waals surface area contributed by atoms with Crippen molar-refractivity contribution in [1.82, 2.24) is 30.2 Å². The van der Waals surface area contributed by atoms with E-state index in [0.717, 1.165) is 46.7 Å². The first-order chi connectivity index (χ1) is 17.9. The number of rotatable bonds is 9. The molecule has 2 aromatic heterocycles. The van der Waals surface area contributed by atoms with Gasteiger partial charge in [-0.3, -0.25) is 9.59 Å². The van der Waals surface area contributed by atoms with E-state index in [2.05, 4.69) is 20.6 Å². The lowest BCUT2D eigenvalue weighted by molar-refractivity contribution is -0.142. The summed E-state index contributed by atoms with van der Waals surface area (Å²) in [7, 11) is 1.63. The smallest absolute Gasteiger partial charge is 0.248 e. The Morgan fingerprint density at radius 1 is 1.24 bits per heavy atom. The van der Waals surface area contributed by atoms with Crippen LogP contribution in [0.15, 0.2) is 29.9 Å². The SMILES string of the molecule is COc1cc(-c2scnc2C)ccc1CNC(=O)[C@@H]1CCCN1C(=O)[C@H](C(C)C)n1cc(C2CC2)nn1. The molecule has 2 atom stereocenters. The normalized spacial score (nSPS) is 18.3. The number of hydrogen-bond donors (Lipinski definition) is 1. The first kappa shape index (κ1) is 25.4. The standard InChI is InChI=1S/C27H34N6O3S/c1-16(2)24(33-14-21(30-31-33)18-7-8-18)27(35)32-11-5-6-22(32)26(34)28-13-20-10-9-19(12-23(20)36-4)25-17(3)29-15-37-25/h9-10,12,14-16,18,22,24H,5-8,11,13H2,1-4H3,(H,28,34)/t22-,24-/m0/s1. The average Bonchev–Trinajstić information content (AvgIpc) is 3.24. The van der Waals surface area contributed by atoms with Gasteiger partial charge in [0.2, 0.25) is 11.8 Å². The summed E-state index contributed by atoms with van der Waals surface area (Å²) in [6.45, 7) is 6.89. The average molecular weight is 523 g/mol. The number of methoxy groups -OCH3 is 1. The lowest BCUT2D eigenvalue weighted by atomic mass is 10.0. The third-order valence-electron chi connectivity index (χ3n) is 7.28. The molecule has 1 saturated heterocycles. The van der Waals surface area contributed by atoms with E-state index < -0.39 is 12.1 Å². The van der Waals surface area contributed by atoms with Gasteiger partial charge < -0.3 is 15.0 Å². The van der Waals surface area contributed by atoms with Gasteiger partial charge in [0.05, 0.1) is 28.9 Å². The molecule has 196 valence electrons. The number of carbonyl (C=O) groups is 2. The molecule has 0 unspecified atom stereocenters. The topological polar surface area (TPSA) is 102 Å². The highest BCUT2D eigenvalue weighted by Crippen LogP contribution is 2.39. The molecule has 2 amide bonds. The molecule has 1 aliphatic heterocycles. The summed E-state index contributed by atoms with van der Waals surface area (Å²) in [5.41, 5.74) is 5.69. The zero-order chi connectivity index (χ0) is 26.1. The van der Waals surface area contributed by atoms with Gasteiger partial charge in [-0.2, -0.15) is 0 Å². The number of hydrogen-bond acceptors (Lipinski definition) is 7. The fourth-order valence-electron chi connectivity index (χ4n) is 5.08. The molecule has 1 aliphatic carbocycles. The molecular formula is C27H34N6O3S. The van der Waals surface area contributed by atoms with Crippen molar-refractivity contribution in [2.24, 2.45) is 5.92 Å². The number of carbonyl (C=O) groups excluding carboxylic acids is 2. The van der Waals surface area contributed by atoms with Crippen LogP contribution in [-0.4, -0.2) is 56.4 Å². The Hall–Kier alpha value is -3.27. The molecule has 3 aromatic rings. The van der Waals surface area contributed by atoms with Crippen LogP contribution in [0.2, 0.25) is 0 Å². The zero-order valence-electron chi connectivity index (χ0n) is 21.8. The lowest BCUT2D eigenvalue weighted by Gasteiger charge is -2.30. The molecular weight excluding hydrogens is 488 g/mol. The van der Waals surface area contributed by atoms with E-state index in [9.17, 15) is 9.59 Å². The Morgan fingerprint density at radius 2 is 2.05 bits per heavy atom. The van der Waals surface area contributed by atoms with Crippen LogP contribution >= 0.6 is 11.3 Å². The van der Waals surface area contributed by atoms with E-state index in [1.54, 1.807) is 28.0 Å². The number of nitrogens with zero attached hydrogens (tertiary/aromatic N) is 5. The molecule has 2 fully saturated rings. The highest BCUT2D eigenvalue weighted by molar-refractivity contribution is 7.13. The number of benzene rings is 1. The Morgan fingerprint density at radius 3 is 2.73 bits per heavy atom. The third-order valence-corrected chi connectivity index (χ3v) is 8.26. The van der Waals surface area contributed by atoms with Gasteiger partial charge in [0.15, 0.2) is 0 Å². The van der Waals surface area contributed by atoms with Gasteiger partial charge in [0, 0.05) is 30.8 Å². The van der Waals surface area contributed by atoms with Crippen molar-refractivity contribution in [3.63, 3.8) is 0 Å². The van der Waals surface area contributed by atoms with Crippen LogP contribution in [-0.2, 0) is 16.1 Å². The maximum atomic E-state index is 13.7. The van der Waals surface area contributed by atoms with Crippen LogP contribution in [0.4, 0.5) is 0 Å². The first-order valence-corrected chi connectivity index (χ1v) is 13.8. The number of nitrogens with one attached hydrogen (secondary N) is 1. The van der Waals surface area contributed by atoms with Gasteiger partial charge in [-0.15, -0.1) is 16.4 Å². The molecule has 2 aliphatic rings. The van der Waals surface area contributed by atoms with Gasteiger partial charge in [0.25, 0.3) is 0 Å². The van der Waals surface area contributed by atoms with Gasteiger partial charge in [-0.05, 0) is 50.2 Å². The molecule has 3 heterocycles. The van der Waals surface area contributed by atoms with Crippen molar-refractivity contribution in [1.29, 1.82) is 0 Å². The van der Waals surface area contributed by atoms with E-state index in [1.807, 2.05) is 50.7 Å². The summed E-state index contributed by atoms with van der Waals surface area (Å²) >= 11 is 1.59. The largest absolute Gasteiger partial charge is 0.496 e. The number of thiazole rings is 1. The molecule has 10 heteroatoms. The van der Waals surface area contributed by atoms with E-state index in [0.29, 0.717) is 31.2 Å². The summed E-state index contributed by atoms with van der Waals surface area (Å²) in [4.78, 5) is 34.1. The maximum Gasteiger partial charge on any atom is 0.248 e. The number of likely N-dealkylation sites (tertiary alicyclic amines) is 1. The third kappa shape index (κ3) is 5.25. The van der Waals surface area contributed by atoms with Crippen LogP contribution in [0.3, 0.4) is 0 Å². The summed E-state index contributed by atoms with van der Waals surface area (Å²) in [6.07, 6.45) is 5.62. The van der Waals surface area contributed by atoms with E-state index >= 15 is 0 Å². The van der Waals surface area contributed by atoms with Crippen LogP contribution in [0, 0.1) is 12.8 Å². The Labute approximate surface area is 221 Å². The molecule has 0 spiro atoms. The van der Waals surface area contributed by atoms with Crippen molar-refractivity contribution in [2.45, 2.75) is 71.0 Å².